The summed E-state index contributed by atoms with van der Waals surface area (Å²) in [6.45, 7) is 7.78. The van der Waals surface area contributed by atoms with Gasteiger partial charge in [-0.2, -0.15) is 0 Å². The fourth-order valence-corrected chi connectivity index (χ4v) is 3.50. The van der Waals surface area contributed by atoms with Crippen LogP contribution in [0.3, 0.4) is 0 Å². The van der Waals surface area contributed by atoms with Crippen LogP contribution in [0.1, 0.15) is 56.7 Å². The van der Waals surface area contributed by atoms with Crippen molar-refractivity contribution < 1.29 is 0 Å². The Morgan fingerprint density at radius 2 is 1.95 bits per heavy atom. The molecule has 0 bridgehead atoms. The van der Waals surface area contributed by atoms with E-state index >= 15 is 0 Å². The van der Waals surface area contributed by atoms with Crippen molar-refractivity contribution in [3.63, 3.8) is 0 Å². The first-order valence-electron chi connectivity index (χ1n) is 7.61. The molecule has 1 nitrogen and oxygen atoms in total. The molecule has 1 fully saturated rings. The van der Waals surface area contributed by atoms with Gasteiger partial charge in [0.25, 0.3) is 0 Å². The molecule has 1 aromatic rings. The van der Waals surface area contributed by atoms with Crippen LogP contribution >= 0.6 is 11.6 Å². The molecule has 2 heteroatoms. The second-order valence-electron chi connectivity index (χ2n) is 6.06. The second kappa shape index (κ2) is 6.76. The first kappa shape index (κ1) is 14.9. The molecule has 1 saturated carbocycles. The number of hydrogen-bond donors (Lipinski definition) is 1. The summed E-state index contributed by atoms with van der Waals surface area (Å²) in [5, 5.41) is 4.55. The van der Waals surface area contributed by atoms with Gasteiger partial charge >= 0.3 is 0 Å². The maximum absolute atomic E-state index is 6.20. The molecule has 106 valence electrons. The van der Waals surface area contributed by atoms with E-state index in [2.05, 4.69) is 38.2 Å². The summed E-state index contributed by atoms with van der Waals surface area (Å²) in [6.07, 6.45) is 5.41. The van der Waals surface area contributed by atoms with Crippen molar-refractivity contribution in [3.05, 3.63) is 34.3 Å². The summed E-state index contributed by atoms with van der Waals surface area (Å²) < 4.78 is 0. The largest absolute Gasteiger partial charge is 0.310 e. The zero-order valence-corrected chi connectivity index (χ0v) is 13.1. The Morgan fingerprint density at radius 1 is 1.26 bits per heavy atom. The van der Waals surface area contributed by atoms with Gasteiger partial charge in [0.1, 0.15) is 0 Å². The third-order valence-electron chi connectivity index (χ3n) is 4.53. The van der Waals surface area contributed by atoms with Gasteiger partial charge in [0, 0.05) is 11.1 Å². The second-order valence-corrected chi connectivity index (χ2v) is 6.49. The van der Waals surface area contributed by atoms with Crippen LogP contribution in [0.4, 0.5) is 0 Å². The van der Waals surface area contributed by atoms with Crippen LogP contribution in [0.15, 0.2) is 18.2 Å². The molecule has 0 radical (unpaired) electrons. The van der Waals surface area contributed by atoms with Crippen molar-refractivity contribution in [2.75, 3.05) is 6.54 Å². The average Bonchev–Trinajstić information content (AvgIpc) is 2.40. The number of nitrogens with one attached hydrogen (secondary N) is 1. The minimum Gasteiger partial charge on any atom is -0.310 e. The molecule has 2 rings (SSSR count). The smallest absolute Gasteiger partial charge is 0.0409 e. The number of halogens is 1. The Morgan fingerprint density at radius 3 is 2.58 bits per heavy atom. The normalized spacial score (nSPS) is 25.3. The predicted molar refractivity (Wildman–Crippen MR) is 83.7 cm³/mol. The minimum atomic E-state index is 0.469. The van der Waals surface area contributed by atoms with Gasteiger partial charge in [0.2, 0.25) is 0 Å². The van der Waals surface area contributed by atoms with Gasteiger partial charge in [-0.3, -0.25) is 0 Å². The Labute approximate surface area is 122 Å². The van der Waals surface area contributed by atoms with Gasteiger partial charge in [-0.05, 0) is 61.4 Å². The molecular weight excluding hydrogens is 254 g/mol. The third kappa shape index (κ3) is 3.73. The predicted octanol–water partition coefficient (Wildman–Crippen LogP) is 5.13. The molecular formula is C17H26ClN. The molecule has 1 N–H and O–H groups in total. The Kier molecular flexibility index (Phi) is 5.29. The molecule has 1 atom stereocenters. The summed E-state index contributed by atoms with van der Waals surface area (Å²) >= 11 is 6.20. The Bertz CT molecular complexity index is 408. The quantitative estimate of drug-likeness (QED) is 0.806. The van der Waals surface area contributed by atoms with E-state index in [0.29, 0.717) is 6.04 Å². The molecule has 1 aliphatic carbocycles. The Hall–Kier alpha value is -0.530. The van der Waals surface area contributed by atoms with E-state index in [0.717, 1.165) is 23.4 Å². The highest BCUT2D eigenvalue weighted by Crippen LogP contribution is 2.38. The molecule has 0 amide bonds. The van der Waals surface area contributed by atoms with Crippen molar-refractivity contribution in [2.45, 2.75) is 52.5 Å². The lowest BCUT2D eigenvalue weighted by atomic mass is 9.76. The van der Waals surface area contributed by atoms with Gasteiger partial charge in [0.15, 0.2) is 0 Å². The summed E-state index contributed by atoms with van der Waals surface area (Å²) in [5.41, 5.74) is 2.75. The standard InChI is InChI=1S/C17H26ClN/c1-4-19-17(14-8-5-12(2)6-9-14)16-11-15(18)10-7-13(16)3/h7,10-12,14,17,19H,4-6,8-9H2,1-3H3. The number of aryl methyl sites for hydroxylation is 1. The van der Waals surface area contributed by atoms with Crippen LogP contribution in [-0.4, -0.2) is 6.54 Å². The summed E-state index contributed by atoms with van der Waals surface area (Å²) in [7, 11) is 0. The van der Waals surface area contributed by atoms with Crippen LogP contribution in [0.5, 0.6) is 0 Å². The van der Waals surface area contributed by atoms with E-state index in [-0.39, 0.29) is 0 Å². The van der Waals surface area contributed by atoms with E-state index in [4.69, 9.17) is 11.6 Å². The molecule has 0 spiro atoms. The van der Waals surface area contributed by atoms with Crippen LogP contribution in [0.2, 0.25) is 5.02 Å². The number of rotatable bonds is 4. The van der Waals surface area contributed by atoms with Crippen molar-refractivity contribution in [2.24, 2.45) is 11.8 Å². The first-order valence-corrected chi connectivity index (χ1v) is 7.99. The van der Waals surface area contributed by atoms with Crippen LogP contribution in [0, 0.1) is 18.8 Å². The molecule has 19 heavy (non-hydrogen) atoms. The molecule has 0 aliphatic heterocycles. The van der Waals surface area contributed by atoms with E-state index < -0.39 is 0 Å². The van der Waals surface area contributed by atoms with Crippen LogP contribution in [-0.2, 0) is 0 Å². The summed E-state index contributed by atoms with van der Waals surface area (Å²) in [6, 6.07) is 6.76. The van der Waals surface area contributed by atoms with Crippen LogP contribution < -0.4 is 5.32 Å². The molecule has 1 aliphatic rings. The maximum atomic E-state index is 6.20. The summed E-state index contributed by atoms with van der Waals surface area (Å²) in [4.78, 5) is 0. The first-order chi connectivity index (χ1) is 9.11. The fraction of sp³-hybridized carbons (Fsp3) is 0.647. The van der Waals surface area contributed by atoms with E-state index in [9.17, 15) is 0 Å². The van der Waals surface area contributed by atoms with Gasteiger partial charge in [-0.25, -0.2) is 0 Å². The highest BCUT2D eigenvalue weighted by atomic mass is 35.5. The Balaban J connectivity index is 2.21. The highest BCUT2D eigenvalue weighted by Gasteiger charge is 2.27. The molecule has 0 aromatic heterocycles. The zero-order valence-electron chi connectivity index (χ0n) is 12.4. The molecule has 1 unspecified atom stereocenters. The van der Waals surface area contributed by atoms with Gasteiger partial charge in [0.05, 0.1) is 0 Å². The van der Waals surface area contributed by atoms with Gasteiger partial charge in [-0.1, -0.05) is 44.4 Å². The van der Waals surface area contributed by atoms with E-state index in [1.54, 1.807) is 0 Å². The van der Waals surface area contributed by atoms with Crippen molar-refractivity contribution in [3.8, 4) is 0 Å². The zero-order chi connectivity index (χ0) is 13.8. The van der Waals surface area contributed by atoms with Gasteiger partial charge in [-0.15, -0.1) is 0 Å². The minimum absolute atomic E-state index is 0.469. The maximum Gasteiger partial charge on any atom is 0.0409 e. The molecule has 0 heterocycles. The SMILES string of the molecule is CCNC(c1cc(Cl)ccc1C)C1CCC(C)CC1. The lowest BCUT2D eigenvalue weighted by Gasteiger charge is -2.34. The van der Waals surface area contributed by atoms with Crippen LogP contribution in [0.25, 0.3) is 0 Å². The van der Waals surface area contributed by atoms with Crippen molar-refractivity contribution in [1.82, 2.24) is 5.32 Å². The summed E-state index contributed by atoms with van der Waals surface area (Å²) in [5.74, 6) is 1.66. The number of hydrogen-bond acceptors (Lipinski definition) is 1. The lowest BCUT2D eigenvalue weighted by Crippen LogP contribution is -2.31. The molecule has 0 saturated heterocycles. The highest BCUT2D eigenvalue weighted by molar-refractivity contribution is 6.30. The van der Waals surface area contributed by atoms with Crippen molar-refractivity contribution in [1.29, 1.82) is 0 Å². The molecule has 1 aromatic carbocycles. The lowest BCUT2D eigenvalue weighted by molar-refractivity contribution is 0.233. The van der Waals surface area contributed by atoms with Crippen molar-refractivity contribution >= 4 is 11.6 Å². The third-order valence-corrected chi connectivity index (χ3v) is 4.77. The number of benzene rings is 1. The average molecular weight is 280 g/mol. The van der Waals surface area contributed by atoms with Gasteiger partial charge < -0.3 is 5.32 Å². The fourth-order valence-electron chi connectivity index (χ4n) is 3.32. The van der Waals surface area contributed by atoms with E-state index in [1.807, 2.05) is 6.07 Å². The van der Waals surface area contributed by atoms with E-state index in [1.165, 1.54) is 36.8 Å². The topological polar surface area (TPSA) is 12.0 Å². The monoisotopic (exact) mass is 279 g/mol.